The maximum absolute atomic E-state index is 6.34. The van der Waals surface area contributed by atoms with Crippen molar-refractivity contribution in [1.29, 1.82) is 0 Å². The number of hydrogen-bond donors (Lipinski definition) is 0. The zero-order valence-electron chi connectivity index (χ0n) is 23.2. The van der Waals surface area contributed by atoms with Crippen molar-refractivity contribution in [2.24, 2.45) is 0 Å². The number of anilines is 3. The Morgan fingerprint density at radius 2 is 1.16 bits per heavy atom. The van der Waals surface area contributed by atoms with Gasteiger partial charge in [-0.25, -0.2) is 0 Å². The van der Waals surface area contributed by atoms with Gasteiger partial charge in [0.1, 0.15) is 11.2 Å². The van der Waals surface area contributed by atoms with E-state index < -0.39 is 0 Å². The van der Waals surface area contributed by atoms with Crippen LogP contribution >= 0.6 is 11.3 Å². The summed E-state index contributed by atoms with van der Waals surface area (Å²) in [6.07, 6.45) is 0. The van der Waals surface area contributed by atoms with E-state index in [0.29, 0.717) is 0 Å². The minimum absolute atomic E-state index is 0.904. The van der Waals surface area contributed by atoms with Crippen molar-refractivity contribution in [3.8, 4) is 11.1 Å². The molecule has 0 bridgehead atoms. The lowest BCUT2D eigenvalue weighted by molar-refractivity contribution is 0.669. The molecule has 0 radical (unpaired) electrons. The Morgan fingerprint density at radius 3 is 2.07 bits per heavy atom. The van der Waals surface area contributed by atoms with Crippen LogP contribution in [-0.4, -0.2) is 0 Å². The number of rotatable bonds is 4. The molecule has 0 aliphatic heterocycles. The van der Waals surface area contributed by atoms with Gasteiger partial charge in [-0.1, -0.05) is 97.1 Å². The number of fused-ring (bicyclic) bond motifs is 7. The molecule has 2 heterocycles. The summed E-state index contributed by atoms with van der Waals surface area (Å²) in [5, 5.41) is 7.27. The fourth-order valence-corrected chi connectivity index (χ4v) is 7.64. The molecule has 0 aliphatic rings. The maximum atomic E-state index is 6.34. The topological polar surface area (TPSA) is 16.4 Å². The largest absolute Gasteiger partial charge is 0.456 e. The third-order valence-corrected chi connectivity index (χ3v) is 9.64. The summed E-state index contributed by atoms with van der Waals surface area (Å²) >= 11 is 1.86. The lowest BCUT2D eigenvalue weighted by Gasteiger charge is -2.28. The molecule has 0 saturated heterocycles. The monoisotopic (exact) mass is 567 g/mol. The van der Waals surface area contributed by atoms with Crippen LogP contribution in [0.5, 0.6) is 0 Å². The van der Waals surface area contributed by atoms with Crippen LogP contribution in [0.2, 0.25) is 0 Å². The molecule has 0 unspecified atom stereocenters. The van der Waals surface area contributed by atoms with E-state index in [-0.39, 0.29) is 0 Å². The van der Waals surface area contributed by atoms with Crippen molar-refractivity contribution >= 4 is 81.3 Å². The SMILES string of the molecule is c1ccc(N(c2ccccc2-c2ccc3oc4cc5ccccc5cc4c3c2)c2cccc3c2sc2ccccc23)cc1. The first-order valence-corrected chi connectivity index (χ1v) is 15.3. The molecule has 0 aliphatic carbocycles. The summed E-state index contributed by atoms with van der Waals surface area (Å²) in [6, 6.07) is 54.3. The van der Waals surface area contributed by atoms with Crippen molar-refractivity contribution in [2.45, 2.75) is 0 Å². The van der Waals surface area contributed by atoms with Crippen molar-refractivity contribution in [3.05, 3.63) is 152 Å². The van der Waals surface area contributed by atoms with E-state index >= 15 is 0 Å². The molecule has 2 nitrogen and oxygen atoms in total. The van der Waals surface area contributed by atoms with Gasteiger partial charge in [-0.3, -0.25) is 0 Å². The zero-order chi connectivity index (χ0) is 28.3. The van der Waals surface area contributed by atoms with Crippen LogP contribution in [-0.2, 0) is 0 Å². The normalized spacial score (nSPS) is 11.7. The lowest BCUT2D eigenvalue weighted by atomic mass is 9.99. The molecule has 9 aromatic rings. The molecule has 3 heteroatoms. The molecule has 2 aromatic heterocycles. The second-order valence-electron chi connectivity index (χ2n) is 10.9. The van der Waals surface area contributed by atoms with Gasteiger partial charge in [0, 0.05) is 37.5 Å². The van der Waals surface area contributed by atoms with Gasteiger partial charge in [-0.15, -0.1) is 11.3 Å². The van der Waals surface area contributed by atoms with E-state index in [1.165, 1.54) is 42.2 Å². The Balaban J connectivity index is 1.28. The van der Waals surface area contributed by atoms with Crippen molar-refractivity contribution in [3.63, 3.8) is 0 Å². The van der Waals surface area contributed by atoms with Crippen LogP contribution in [0, 0.1) is 0 Å². The van der Waals surface area contributed by atoms with E-state index in [2.05, 4.69) is 157 Å². The second kappa shape index (κ2) is 9.59. The lowest BCUT2D eigenvalue weighted by Crippen LogP contribution is -2.11. The van der Waals surface area contributed by atoms with Crippen LogP contribution in [0.1, 0.15) is 0 Å². The highest BCUT2D eigenvalue weighted by Gasteiger charge is 2.21. The smallest absolute Gasteiger partial charge is 0.136 e. The fraction of sp³-hybridized carbons (Fsp3) is 0. The molecular formula is C40H25NOS. The first-order valence-electron chi connectivity index (χ1n) is 14.5. The molecule has 0 atom stereocenters. The molecule has 43 heavy (non-hydrogen) atoms. The molecule has 0 saturated carbocycles. The van der Waals surface area contributed by atoms with E-state index in [9.17, 15) is 0 Å². The summed E-state index contributed by atoms with van der Waals surface area (Å²) in [5.74, 6) is 0. The maximum Gasteiger partial charge on any atom is 0.136 e. The Hall–Kier alpha value is -5.38. The van der Waals surface area contributed by atoms with Gasteiger partial charge in [-0.2, -0.15) is 0 Å². The number of para-hydroxylation sites is 2. The quantitative estimate of drug-likeness (QED) is 0.210. The van der Waals surface area contributed by atoms with Crippen LogP contribution < -0.4 is 4.90 Å². The minimum atomic E-state index is 0.904. The van der Waals surface area contributed by atoms with Gasteiger partial charge >= 0.3 is 0 Å². The van der Waals surface area contributed by atoms with Crippen LogP contribution in [0.3, 0.4) is 0 Å². The molecule has 0 N–H and O–H groups in total. The van der Waals surface area contributed by atoms with E-state index in [1.807, 2.05) is 11.3 Å². The van der Waals surface area contributed by atoms with E-state index in [0.717, 1.165) is 38.9 Å². The Morgan fingerprint density at radius 1 is 0.465 bits per heavy atom. The first-order chi connectivity index (χ1) is 21.3. The van der Waals surface area contributed by atoms with Crippen LogP contribution in [0.15, 0.2) is 156 Å². The number of nitrogens with zero attached hydrogens (tertiary/aromatic N) is 1. The molecule has 7 aromatic carbocycles. The second-order valence-corrected chi connectivity index (χ2v) is 12.0. The molecular weight excluding hydrogens is 543 g/mol. The molecule has 0 spiro atoms. The van der Waals surface area contributed by atoms with Gasteiger partial charge in [0.25, 0.3) is 0 Å². The Labute approximate surface area is 252 Å². The van der Waals surface area contributed by atoms with Crippen molar-refractivity contribution < 1.29 is 4.42 Å². The fourth-order valence-electron chi connectivity index (χ4n) is 6.44. The molecule has 202 valence electrons. The zero-order valence-corrected chi connectivity index (χ0v) is 24.0. The molecule has 0 fully saturated rings. The standard InChI is InChI=1S/C40H25NOS/c1-2-13-29(14-3-1)41(36-19-10-17-32-31-16-7-9-20-39(31)43-40(32)36)35-18-8-6-15-30(35)28-21-22-37-33(24-28)34-23-26-11-4-5-12-27(26)25-38(34)42-37/h1-25H. The van der Waals surface area contributed by atoms with Crippen LogP contribution in [0.4, 0.5) is 17.1 Å². The highest BCUT2D eigenvalue weighted by atomic mass is 32.1. The number of benzene rings is 7. The van der Waals surface area contributed by atoms with Crippen molar-refractivity contribution in [2.75, 3.05) is 4.90 Å². The Bertz CT molecular complexity index is 2470. The summed E-state index contributed by atoms with van der Waals surface area (Å²) in [7, 11) is 0. The van der Waals surface area contributed by atoms with Gasteiger partial charge in [0.2, 0.25) is 0 Å². The number of hydrogen-bond acceptors (Lipinski definition) is 3. The minimum Gasteiger partial charge on any atom is -0.456 e. The highest BCUT2D eigenvalue weighted by Crippen LogP contribution is 2.47. The summed E-state index contributed by atoms with van der Waals surface area (Å²) in [4.78, 5) is 2.41. The highest BCUT2D eigenvalue weighted by molar-refractivity contribution is 7.26. The van der Waals surface area contributed by atoms with Gasteiger partial charge in [-0.05, 0) is 70.9 Å². The number of thiophene rings is 1. The summed E-state index contributed by atoms with van der Waals surface area (Å²) in [5.41, 5.74) is 7.59. The van der Waals surface area contributed by atoms with E-state index in [1.54, 1.807) is 0 Å². The van der Waals surface area contributed by atoms with Gasteiger partial charge in [0.15, 0.2) is 0 Å². The molecule has 9 rings (SSSR count). The summed E-state index contributed by atoms with van der Waals surface area (Å²) < 4.78 is 8.92. The van der Waals surface area contributed by atoms with E-state index in [4.69, 9.17) is 4.42 Å². The van der Waals surface area contributed by atoms with Gasteiger partial charge < -0.3 is 9.32 Å². The van der Waals surface area contributed by atoms with Crippen LogP contribution in [0.25, 0.3) is 64.0 Å². The predicted molar refractivity (Wildman–Crippen MR) is 184 cm³/mol. The van der Waals surface area contributed by atoms with Gasteiger partial charge in [0.05, 0.1) is 16.1 Å². The first kappa shape index (κ1) is 24.2. The third-order valence-electron chi connectivity index (χ3n) is 8.43. The summed E-state index contributed by atoms with van der Waals surface area (Å²) in [6.45, 7) is 0. The number of furan rings is 1. The Kier molecular flexibility index (Phi) is 5.40. The predicted octanol–water partition coefficient (Wildman–Crippen LogP) is 12.2. The van der Waals surface area contributed by atoms with Crippen molar-refractivity contribution in [1.82, 2.24) is 0 Å². The molecule has 0 amide bonds. The average molecular weight is 568 g/mol. The third kappa shape index (κ3) is 3.86. The average Bonchev–Trinajstić information content (AvgIpc) is 3.62.